The van der Waals surface area contributed by atoms with Crippen molar-refractivity contribution in [1.82, 2.24) is 15.0 Å². The van der Waals surface area contributed by atoms with Gasteiger partial charge in [-0.1, -0.05) is 17.3 Å². The van der Waals surface area contributed by atoms with Crippen molar-refractivity contribution in [2.24, 2.45) is 7.05 Å². The van der Waals surface area contributed by atoms with Crippen LogP contribution in [0.1, 0.15) is 22.9 Å². The Bertz CT molecular complexity index is 510. The maximum atomic E-state index is 13.3. The van der Waals surface area contributed by atoms with Gasteiger partial charge in [-0.25, -0.2) is 9.07 Å². The summed E-state index contributed by atoms with van der Waals surface area (Å²) in [6.45, 7) is 1.68. The van der Waals surface area contributed by atoms with Crippen LogP contribution in [-0.4, -0.2) is 20.1 Å². The van der Waals surface area contributed by atoms with Crippen molar-refractivity contribution in [2.75, 3.05) is 0 Å². The molecule has 1 N–H and O–H groups in total. The van der Waals surface area contributed by atoms with Crippen LogP contribution in [-0.2, 0) is 7.05 Å². The van der Waals surface area contributed by atoms with Gasteiger partial charge in [0.2, 0.25) is 0 Å². The van der Waals surface area contributed by atoms with Gasteiger partial charge < -0.3 is 5.11 Å². The van der Waals surface area contributed by atoms with Crippen LogP contribution < -0.4 is 0 Å². The van der Waals surface area contributed by atoms with Crippen LogP contribution in [0.5, 0.6) is 0 Å². The van der Waals surface area contributed by atoms with Gasteiger partial charge in [0, 0.05) is 7.05 Å². The number of halogens is 1. The molecule has 0 saturated heterocycles. The molecule has 1 unspecified atom stereocenters. The molecule has 0 amide bonds. The Morgan fingerprint density at radius 1 is 1.44 bits per heavy atom. The van der Waals surface area contributed by atoms with Gasteiger partial charge >= 0.3 is 0 Å². The van der Waals surface area contributed by atoms with Crippen LogP contribution in [0.25, 0.3) is 0 Å². The summed E-state index contributed by atoms with van der Waals surface area (Å²) in [6, 6.07) is 4.65. The Morgan fingerprint density at radius 3 is 2.75 bits per heavy atom. The van der Waals surface area contributed by atoms with Crippen LogP contribution >= 0.6 is 0 Å². The lowest BCUT2D eigenvalue weighted by molar-refractivity contribution is 0.209. The van der Waals surface area contributed by atoms with E-state index in [0.29, 0.717) is 16.8 Å². The SMILES string of the molecule is Cc1ccc(C(O)c2cnnn2C)cc1F. The first kappa shape index (κ1) is 10.8. The van der Waals surface area contributed by atoms with Gasteiger partial charge in [-0.05, 0) is 24.1 Å². The van der Waals surface area contributed by atoms with Gasteiger partial charge in [0.05, 0.1) is 11.9 Å². The van der Waals surface area contributed by atoms with Crippen LogP contribution in [0.3, 0.4) is 0 Å². The fourth-order valence-corrected chi connectivity index (χ4v) is 1.50. The zero-order chi connectivity index (χ0) is 11.7. The van der Waals surface area contributed by atoms with Gasteiger partial charge in [-0.3, -0.25) is 0 Å². The third-order valence-electron chi connectivity index (χ3n) is 2.54. The number of hydrogen-bond donors (Lipinski definition) is 1. The van der Waals surface area contributed by atoms with E-state index in [1.807, 2.05) is 0 Å². The normalized spacial score (nSPS) is 12.8. The molecule has 0 aliphatic carbocycles. The molecule has 0 bridgehead atoms. The standard InChI is InChI=1S/C11H12FN3O/c1-7-3-4-8(5-9(7)12)11(16)10-6-13-14-15(10)2/h3-6,11,16H,1-2H3. The van der Waals surface area contributed by atoms with Crippen LogP contribution in [0.2, 0.25) is 0 Å². The molecule has 1 aromatic heterocycles. The lowest BCUT2D eigenvalue weighted by Crippen LogP contribution is -2.07. The van der Waals surface area contributed by atoms with Crippen LogP contribution in [0, 0.1) is 12.7 Å². The Kier molecular flexibility index (Phi) is 2.70. The number of hydrogen-bond acceptors (Lipinski definition) is 3. The summed E-state index contributed by atoms with van der Waals surface area (Å²) < 4.78 is 14.8. The summed E-state index contributed by atoms with van der Waals surface area (Å²) in [5.41, 5.74) is 1.58. The summed E-state index contributed by atoms with van der Waals surface area (Å²) in [4.78, 5) is 0. The smallest absolute Gasteiger partial charge is 0.126 e. The van der Waals surface area contributed by atoms with E-state index < -0.39 is 6.10 Å². The molecule has 1 aromatic carbocycles. The van der Waals surface area contributed by atoms with Crippen molar-refractivity contribution in [1.29, 1.82) is 0 Å². The lowest BCUT2D eigenvalue weighted by Gasteiger charge is -2.11. The maximum Gasteiger partial charge on any atom is 0.126 e. The highest BCUT2D eigenvalue weighted by Gasteiger charge is 2.15. The highest BCUT2D eigenvalue weighted by Crippen LogP contribution is 2.22. The monoisotopic (exact) mass is 221 g/mol. The molecular formula is C11H12FN3O. The fourth-order valence-electron chi connectivity index (χ4n) is 1.50. The van der Waals surface area contributed by atoms with Crippen molar-refractivity contribution in [2.45, 2.75) is 13.0 Å². The predicted molar refractivity (Wildman–Crippen MR) is 56.2 cm³/mol. The van der Waals surface area contributed by atoms with Gasteiger partial charge in [-0.15, -0.1) is 5.10 Å². The topological polar surface area (TPSA) is 50.9 Å². The molecule has 4 nitrogen and oxygen atoms in total. The molecule has 84 valence electrons. The highest BCUT2D eigenvalue weighted by atomic mass is 19.1. The molecule has 0 aliphatic rings. The second-order valence-electron chi connectivity index (χ2n) is 3.69. The van der Waals surface area contributed by atoms with Crippen molar-refractivity contribution >= 4 is 0 Å². The molecule has 0 spiro atoms. The third-order valence-corrected chi connectivity index (χ3v) is 2.54. The van der Waals surface area contributed by atoms with Gasteiger partial charge in [0.1, 0.15) is 11.9 Å². The number of aliphatic hydroxyl groups is 1. The number of rotatable bonds is 2. The van der Waals surface area contributed by atoms with Crippen LogP contribution in [0.15, 0.2) is 24.4 Å². The van der Waals surface area contributed by atoms with E-state index >= 15 is 0 Å². The summed E-state index contributed by atoms with van der Waals surface area (Å²) in [7, 11) is 1.68. The first-order valence-corrected chi connectivity index (χ1v) is 4.88. The third kappa shape index (κ3) is 1.81. The van der Waals surface area contributed by atoms with Crippen LogP contribution in [0.4, 0.5) is 4.39 Å². The van der Waals surface area contributed by atoms with Crippen molar-refractivity contribution in [3.8, 4) is 0 Å². The minimum absolute atomic E-state index is 0.327. The summed E-state index contributed by atoms with van der Waals surface area (Å²) in [5, 5.41) is 17.4. The first-order chi connectivity index (χ1) is 7.59. The average molecular weight is 221 g/mol. The van der Waals surface area contributed by atoms with E-state index in [1.165, 1.54) is 16.9 Å². The molecule has 0 aliphatic heterocycles. The molecule has 16 heavy (non-hydrogen) atoms. The van der Waals surface area contributed by atoms with Crippen molar-refractivity contribution < 1.29 is 9.50 Å². The van der Waals surface area contributed by atoms with E-state index in [4.69, 9.17) is 0 Å². The molecule has 0 radical (unpaired) electrons. The zero-order valence-corrected chi connectivity index (χ0v) is 9.05. The second-order valence-corrected chi connectivity index (χ2v) is 3.69. The minimum Gasteiger partial charge on any atom is -0.382 e. The summed E-state index contributed by atoms with van der Waals surface area (Å²) >= 11 is 0. The molecular weight excluding hydrogens is 209 g/mol. The number of aryl methyl sites for hydroxylation is 2. The van der Waals surface area contributed by atoms with Gasteiger partial charge in [0.15, 0.2) is 0 Å². The minimum atomic E-state index is -0.907. The number of aliphatic hydroxyl groups excluding tert-OH is 1. The van der Waals surface area contributed by atoms with E-state index in [9.17, 15) is 9.50 Å². The van der Waals surface area contributed by atoms with E-state index in [1.54, 1.807) is 26.1 Å². The second kappa shape index (κ2) is 4.02. The van der Waals surface area contributed by atoms with Crippen molar-refractivity contribution in [3.63, 3.8) is 0 Å². The number of benzene rings is 1. The molecule has 2 aromatic rings. The zero-order valence-electron chi connectivity index (χ0n) is 9.05. The highest BCUT2D eigenvalue weighted by molar-refractivity contribution is 5.28. The fraction of sp³-hybridized carbons (Fsp3) is 0.273. The number of nitrogens with zero attached hydrogens (tertiary/aromatic N) is 3. The Morgan fingerprint density at radius 2 is 2.19 bits per heavy atom. The van der Waals surface area contributed by atoms with E-state index in [0.717, 1.165) is 0 Å². The largest absolute Gasteiger partial charge is 0.382 e. The Hall–Kier alpha value is -1.75. The first-order valence-electron chi connectivity index (χ1n) is 4.88. The maximum absolute atomic E-state index is 13.3. The van der Waals surface area contributed by atoms with Gasteiger partial charge in [-0.2, -0.15) is 0 Å². The predicted octanol–water partition coefficient (Wildman–Crippen LogP) is 1.34. The quantitative estimate of drug-likeness (QED) is 0.832. The number of aromatic nitrogens is 3. The Labute approximate surface area is 92.3 Å². The Balaban J connectivity index is 2.38. The lowest BCUT2D eigenvalue weighted by atomic mass is 10.0. The van der Waals surface area contributed by atoms with E-state index in [-0.39, 0.29) is 5.82 Å². The molecule has 5 heteroatoms. The van der Waals surface area contributed by atoms with Crippen molar-refractivity contribution in [3.05, 3.63) is 47.0 Å². The van der Waals surface area contributed by atoms with Gasteiger partial charge in [0.25, 0.3) is 0 Å². The molecule has 2 rings (SSSR count). The average Bonchev–Trinajstić information content (AvgIpc) is 2.67. The van der Waals surface area contributed by atoms with E-state index in [2.05, 4.69) is 10.3 Å². The molecule has 0 saturated carbocycles. The molecule has 1 atom stereocenters. The molecule has 1 heterocycles. The molecule has 0 fully saturated rings. The summed E-state index contributed by atoms with van der Waals surface area (Å²) in [5.74, 6) is -0.327. The summed E-state index contributed by atoms with van der Waals surface area (Å²) in [6.07, 6.45) is 0.553.